The molecule has 3 heterocycles. The molecule has 0 radical (unpaired) electrons. The number of anilines is 1. The maximum atomic E-state index is 13.3. The minimum atomic E-state index is -0.120. The molecular weight excluding hydrogens is 360 g/mol. The van der Waals surface area contributed by atoms with Crippen molar-refractivity contribution in [2.75, 3.05) is 5.32 Å². The summed E-state index contributed by atoms with van der Waals surface area (Å²) in [5.41, 5.74) is 5.95. The highest BCUT2D eigenvalue weighted by atomic mass is 16.1. The standard InChI is InChI=1S/C24H24N4O/c1-15-20-21(16-9-11-25-12-10-16)22-18(13-24(2,3)14-19(22)29)26-23(20)28(27-15)17-7-5-4-6-8-17/h4-12,21,26H,13-14H2,1-3H3. The lowest BCUT2D eigenvalue weighted by atomic mass is 9.69. The van der Waals surface area contributed by atoms with Crippen molar-refractivity contribution >= 4 is 11.6 Å². The molecule has 0 saturated heterocycles. The van der Waals surface area contributed by atoms with E-state index in [4.69, 9.17) is 5.10 Å². The maximum Gasteiger partial charge on any atom is 0.162 e. The van der Waals surface area contributed by atoms with E-state index in [0.29, 0.717) is 6.42 Å². The van der Waals surface area contributed by atoms with Gasteiger partial charge in [0.05, 0.1) is 11.4 Å². The van der Waals surface area contributed by atoms with Gasteiger partial charge in [-0.05, 0) is 48.6 Å². The summed E-state index contributed by atoms with van der Waals surface area (Å²) in [4.78, 5) is 17.5. The highest BCUT2D eigenvalue weighted by Gasteiger charge is 2.42. The Bertz CT molecular complexity index is 1130. The second kappa shape index (κ2) is 6.41. The van der Waals surface area contributed by atoms with Gasteiger partial charge in [-0.2, -0.15) is 5.10 Å². The van der Waals surface area contributed by atoms with E-state index in [9.17, 15) is 4.79 Å². The number of Topliss-reactive ketones (excluding diaryl/α,β-unsaturated/α-hetero) is 1. The summed E-state index contributed by atoms with van der Waals surface area (Å²) >= 11 is 0. The van der Waals surface area contributed by atoms with E-state index in [1.807, 2.05) is 41.9 Å². The number of hydrogen-bond donors (Lipinski definition) is 1. The van der Waals surface area contributed by atoms with E-state index >= 15 is 0 Å². The minimum absolute atomic E-state index is 0.0597. The third-order valence-corrected chi connectivity index (χ3v) is 5.91. The van der Waals surface area contributed by atoms with Crippen molar-refractivity contribution < 1.29 is 4.79 Å². The highest BCUT2D eigenvalue weighted by molar-refractivity contribution is 6.01. The Labute approximate surface area is 170 Å². The number of aromatic nitrogens is 3. The molecule has 1 unspecified atom stereocenters. The number of carbonyl (C=O) groups excluding carboxylic acids is 1. The van der Waals surface area contributed by atoms with Gasteiger partial charge in [0.25, 0.3) is 0 Å². The van der Waals surface area contributed by atoms with Gasteiger partial charge in [-0.25, -0.2) is 4.68 Å². The van der Waals surface area contributed by atoms with E-state index < -0.39 is 0 Å². The number of ketones is 1. The highest BCUT2D eigenvalue weighted by Crippen LogP contribution is 2.50. The van der Waals surface area contributed by atoms with E-state index in [1.54, 1.807) is 12.4 Å². The fraction of sp³-hybridized carbons (Fsp3) is 0.292. The number of rotatable bonds is 2. The van der Waals surface area contributed by atoms with E-state index in [1.165, 1.54) is 0 Å². The number of nitrogens with one attached hydrogen (secondary N) is 1. The summed E-state index contributed by atoms with van der Waals surface area (Å²) in [5.74, 6) is 1.06. The molecule has 1 aliphatic carbocycles. The third kappa shape index (κ3) is 2.89. The van der Waals surface area contributed by atoms with Gasteiger partial charge < -0.3 is 5.32 Å². The van der Waals surface area contributed by atoms with Crippen LogP contribution in [0.1, 0.15) is 49.4 Å². The number of para-hydroxylation sites is 1. The van der Waals surface area contributed by atoms with Crippen molar-refractivity contribution in [1.82, 2.24) is 14.8 Å². The quantitative estimate of drug-likeness (QED) is 0.691. The van der Waals surface area contributed by atoms with Gasteiger partial charge >= 0.3 is 0 Å². The minimum Gasteiger partial charge on any atom is -0.343 e. The molecule has 1 aliphatic heterocycles. The molecule has 0 spiro atoms. The van der Waals surface area contributed by atoms with Crippen LogP contribution >= 0.6 is 0 Å². The van der Waals surface area contributed by atoms with Crippen LogP contribution in [0.4, 0.5) is 5.82 Å². The first-order valence-electron chi connectivity index (χ1n) is 10.0. The van der Waals surface area contributed by atoms with Gasteiger partial charge in [0, 0.05) is 41.6 Å². The summed E-state index contributed by atoms with van der Waals surface area (Å²) in [6.45, 7) is 6.34. The first kappa shape index (κ1) is 17.9. The Kier molecular flexibility index (Phi) is 3.95. The number of aryl methyl sites for hydroxylation is 1. The number of allylic oxidation sites excluding steroid dienone is 2. The molecule has 5 heteroatoms. The molecule has 2 aliphatic rings. The fourth-order valence-electron chi connectivity index (χ4n) is 4.72. The van der Waals surface area contributed by atoms with Crippen molar-refractivity contribution in [3.63, 3.8) is 0 Å². The van der Waals surface area contributed by atoms with Crippen LogP contribution in [0.5, 0.6) is 0 Å². The molecule has 0 bridgehead atoms. The van der Waals surface area contributed by atoms with Crippen molar-refractivity contribution in [2.24, 2.45) is 5.41 Å². The molecule has 0 amide bonds. The van der Waals surface area contributed by atoms with Gasteiger partial charge in [0.2, 0.25) is 0 Å². The zero-order valence-corrected chi connectivity index (χ0v) is 16.9. The Morgan fingerprint density at radius 3 is 2.52 bits per heavy atom. The first-order chi connectivity index (χ1) is 13.9. The molecule has 5 nitrogen and oxygen atoms in total. The van der Waals surface area contributed by atoms with Crippen molar-refractivity contribution in [3.8, 4) is 5.69 Å². The van der Waals surface area contributed by atoms with Crippen molar-refractivity contribution in [1.29, 1.82) is 0 Å². The normalized spacial score (nSPS) is 20.1. The van der Waals surface area contributed by atoms with Gasteiger partial charge in [0.15, 0.2) is 5.78 Å². The summed E-state index contributed by atoms with van der Waals surface area (Å²) in [6, 6.07) is 14.2. The molecule has 0 fully saturated rings. The number of hydrogen-bond acceptors (Lipinski definition) is 4. The van der Waals surface area contributed by atoms with Crippen LogP contribution in [0.2, 0.25) is 0 Å². The first-order valence-corrected chi connectivity index (χ1v) is 10.0. The maximum absolute atomic E-state index is 13.3. The van der Waals surface area contributed by atoms with Crippen LogP contribution in [0, 0.1) is 12.3 Å². The average molecular weight is 384 g/mol. The summed E-state index contributed by atoms with van der Waals surface area (Å²) in [5, 5.41) is 8.47. The molecular formula is C24H24N4O. The number of carbonyl (C=O) groups is 1. The largest absolute Gasteiger partial charge is 0.343 e. The molecule has 146 valence electrons. The predicted octanol–water partition coefficient (Wildman–Crippen LogP) is 4.78. The summed E-state index contributed by atoms with van der Waals surface area (Å²) < 4.78 is 1.97. The van der Waals surface area contributed by atoms with E-state index in [2.05, 4.69) is 36.3 Å². The molecule has 3 aromatic rings. The SMILES string of the molecule is Cc1nn(-c2ccccc2)c2c1C(c1ccncc1)C1=C(CC(C)(C)CC1=O)N2. The monoisotopic (exact) mass is 384 g/mol. The Hall–Kier alpha value is -3.21. The average Bonchev–Trinajstić information content (AvgIpc) is 3.03. The molecule has 5 rings (SSSR count). The van der Waals surface area contributed by atoms with Crippen molar-refractivity contribution in [2.45, 2.75) is 39.5 Å². The van der Waals surface area contributed by atoms with Crippen LogP contribution in [0.15, 0.2) is 66.1 Å². The molecule has 1 aromatic carbocycles. The Morgan fingerprint density at radius 2 is 1.79 bits per heavy atom. The van der Waals surface area contributed by atoms with Crippen LogP contribution in [-0.4, -0.2) is 20.5 Å². The van der Waals surface area contributed by atoms with Gasteiger partial charge in [0.1, 0.15) is 5.82 Å². The number of nitrogens with zero attached hydrogens (tertiary/aromatic N) is 3. The molecule has 1 N–H and O–H groups in total. The lowest BCUT2D eigenvalue weighted by molar-refractivity contribution is -0.118. The van der Waals surface area contributed by atoms with Crippen molar-refractivity contribution in [3.05, 3.63) is 82.9 Å². The zero-order valence-electron chi connectivity index (χ0n) is 16.9. The van der Waals surface area contributed by atoms with Gasteiger partial charge in [-0.15, -0.1) is 0 Å². The number of pyridine rings is 1. The number of fused-ring (bicyclic) bond motifs is 1. The fourth-order valence-corrected chi connectivity index (χ4v) is 4.72. The smallest absolute Gasteiger partial charge is 0.162 e. The van der Waals surface area contributed by atoms with Gasteiger partial charge in [-0.1, -0.05) is 32.0 Å². The molecule has 29 heavy (non-hydrogen) atoms. The predicted molar refractivity (Wildman–Crippen MR) is 113 cm³/mol. The topological polar surface area (TPSA) is 59.8 Å². The molecule has 2 aromatic heterocycles. The second-order valence-electron chi connectivity index (χ2n) is 8.77. The Morgan fingerprint density at radius 1 is 1.07 bits per heavy atom. The zero-order chi connectivity index (χ0) is 20.2. The van der Waals surface area contributed by atoms with Crippen LogP contribution in [0.3, 0.4) is 0 Å². The van der Waals surface area contributed by atoms with Crippen LogP contribution in [-0.2, 0) is 4.79 Å². The van der Waals surface area contributed by atoms with Crippen LogP contribution < -0.4 is 5.32 Å². The van der Waals surface area contributed by atoms with Gasteiger partial charge in [-0.3, -0.25) is 9.78 Å². The lowest BCUT2D eigenvalue weighted by Gasteiger charge is -2.38. The van der Waals surface area contributed by atoms with Crippen LogP contribution in [0.25, 0.3) is 5.69 Å². The summed E-state index contributed by atoms with van der Waals surface area (Å²) in [7, 11) is 0. The number of benzene rings is 1. The third-order valence-electron chi connectivity index (χ3n) is 5.91. The van der Waals surface area contributed by atoms with E-state index in [-0.39, 0.29) is 17.1 Å². The molecule has 1 atom stereocenters. The lowest BCUT2D eigenvalue weighted by Crippen LogP contribution is -2.34. The second-order valence-corrected chi connectivity index (χ2v) is 8.77. The summed E-state index contributed by atoms with van der Waals surface area (Å²) in [6.07, 6.45) is 5.00. The Balaban J connectivity index is 1.76. The molecule has 0 saturated carbocycles. The van der Waals surface area contributed by atoms with E-state index in [0.717, 1.165) is 46.0 Å².